The van der Waals surface area contributed by atoms with E-state index in [4.69, 9.17) is 10.1 Å². The van der Waals surface area contributed by atoms with Crippen LogP contribution in [-0.2, 0) is 9.53 Å². The third-order valence-electron chi connectivity index (χ3n) is 5.70. The van der Waals surface area contributed by atoms with Gasteiger partial charge >= 0.3 is 5.97 Å². The molecule has 0 amide bonds. The molecule has 0 radical (unpaired) electrons. The minimum Gasteiger partial charge on any atom is -0.468 e. The van der Waals surface area contributed by atoms with E-state index < -0.39 is 5.41 Å². The monoisotopic (exact) mass is 437 g/mol. The Kier molecular flexibility index (Phi) is 6.25. The first-order valence-corrected chi connectivity index (χ1v) is 10.8. The summed E-state index contributed by atoms with van der Waals surface area (Å²) in [5.41, 5.74) is 2.38. The molecule has 1 atom stereocenters. The Morgan fingerprint density at radius 2 is 1.97 bits per heavy atom. The Bertz CT molecular complexity index is 1040. The second-order valence-corrected chi connectivity index (χ2v) is 8.82. The van der Waals surface area contributed by atoms with Gasteiger partial charge in [0.2, 0.25) is 0 Å². The number of allylic oxidation sites excluding steroid dienone is 2. The fraction of sp³-hybridized carbons (Fsp3) is 0.250. The molecule has 0 bridgehead atoms. The van der Waals surface area contributed by atoms with E-state index >= 15 is 0 Å². The zero-order valence-corrected chi connectivity index (χ0v) is 18.0. The van der Waals surface area contributed by atoms with Gasteiger partial charge in [0.25, 0.3) is 0 Å². The number of nitrogens with zero attached hydrogens (tertiary/aromatic N) is 1. The lowest BCUT2D eigenvalue weighted by atomic mass is 9.68. The van der Waals surface area contributed by atoms with E-state index in [1.165, 1.54) is 25.5 Å². The predicted octanol–water partition coefficient (Wildman–Crippen LogP) is 5.04. The highest BCUT2D eigenvalue weighted by Crippen LogP contribution is 2.47. The van der Waals surface area contributed by atoms with Crippen LogP contribution in [0.15, 0.2) is 82.4 Å². The molecule has 2 aromatic rings. The van der Waals surface area contributed by atoms with E-state index in [0.717, 1.165) is 34.8 Å². The number of piperidine rings is 1. The highest BCUT2D eigenvalue weighted by Gasteiger charge is 2.49. The fourth-order valence-corrected chi connectivity index (χ4v) is 5.18. The van der Waals surface area contributed by atoms with E-state index in [2.05, 4.69) is 21.8 Å². The van der Waals surface area contributed by atoms with Crippen molar-refractivity contribution in [2.24, 2.45) is 5.41 Å². The second-order valence-electron chi connectivity index (χ2n) is 7.65. The van der Waals surface area contributed by atoms with Gasteiger partial charge in [-0.1, -0.05) is 18.2 Å². The lowest BCUT2D eigenvalue weighted by molar-refractivity contribution is -0.151. The van der Waals surface area contributed by atoms with Crippen molar-refractivity contribution >= 4 is 29.8 Å². The maximum absolute atomic E-state index is 13.3. The number of esters is 1. The average molecular weight is 438 g/mol. The second kappa shape index (κ2) is 9.08. The number of carbonyl (C=O) groups excluding carboxylic acids is 1. The maximum Gasteiger partial charge on any atom is 0.317 e. The zero-order valence-electron chi connectivity index (χ0n) is 17.2. The molecular formula is C24H24FN3O2S. The van der Waals surface area contributed by atoms with Crippen molar-refractivity contribution in [3.8, 4) is 0 Å². The van der Waals surface area contributed by atoms with Gasteiger partial charge in [0.05, 0.1) is 7.11 Å². The Balaban J connectivity index is 1.63. The average Bonchev–Trinajstić information content (AvgIpc) is 2.80. The summed E-state index contributed by atoms with van der Waals surface area (Å²) in [6.45, 7) is 1.31. The molecule has 2 aliphatic rings. The van der Waals surface area contributed by atoms with Crippen molar-refractivity contribution in [3.63, 3.8) is 0 Å². The number of nitrogens with one attached hydrogen (secondary N) is 2. The van der Waals surface area contributed by atoms with Crippen molar-refractivity contribution in [1.82, 2.24) is 4.31 Å². The number of halogens is 1. The van der Waals surface area contributed by atoms with Crippen LogP contribution in [0.3, 0.4) is 0 Å². The highest BCUT2D eigenvalue weighted by molar-refractivity contribution is 7.97. The molecule has 2 aromatic carbocycles. The van der Waals surface area contributed by atoms with Gasteiger partial charge in [-0.05, 0) is 78.4 Å². The molecule has 0 saturated carbocycles. The zero-order chi connectivity index (χ0) is 21.8. The lowest BCUT2D eigenvalue weighted by Gasteiger charge is -2.44. The summed E-state index contributed by atoms with van der Waals surface area (Å²) in [7, 11) is 1.41. The van der Waals surface area contributed by atoms with Gasteiger partial charge in [0.1, 0.15) is 11.2 Å². The number of methoxy groups -OCH3 is 1. The van der Waals surface area contributed by atoms with Gasteiger partial charge in [-0.2, -0.15) is 0 Å². The van der Waals surface area contributed by atoms with Crippen molar-refractivity contribution in [2.45, 2.75) is 17.7 Å². The normalized spacial score (nSPS) is 21.2. The minimum atomic E-state index is -0.824. The SMILES string of the molecule is COC(=O)C12CC(C=N)=C(Nc3ccc(F)cc3)C=C1CCN(Sc1ccccc1)C2. The number of fused-ring (bicyclic) bond motifs is 1. The van der Waals surface area contributed by atoms with E-state index in [9.17, 15) is 9.18 Å². The molecule has 1 fully saturated rings. The maximum atomic E-state index is 13.3. The molecule has 1 saturated heterocycles. The van der Waals surface area contributed by atoms with E-state index in [-0.39, 0.29) is 11.8 Å². The van der Waals surface area contributed by atoms with Gasteiger partial charge in [0, 0.05) is 35.6 Å². The minimum absolute atomic E-state index is 0.280. The molecule has 0 aromatic heterocycles. The number of carbonyl (C=O) groups is 1. The summed E-state index contributed by atoms with van der Waals surface area (Å²) in [4.78, 5) is 14.1. The summed E-state index contributed by atoms with van der Waals surface area (Å²) in [6, 6.07) is 16.2. The summed E-state index contributed by atoms with van der Waals surface area (Å²) in [6.07, 6.45) is 4.35. The van der Waals surface area contributed by atoms with Crippen molar-refractivity contribution in [2.75, 3.05) is 25.5 Å². The van der Waals surface area contributed by atoms with Crippen molar-refractivity contribution < 1.29 is 13.9 Å². The van der Waals surface area contributed by atoms with Crippen LogP contribution in [-0.4, -0.2) is 36.7 Å². The van der Waals surface area contributed by atoms with Crippen LogP contribution < -0.4 is 5.32 Å². The number of hydrogen-bond acceptors (Lipinski definition) is 6. The van der Waals surface area contributed by atoms with Gasteiger partial charge in [-0.25, -0.2) is 8.70 Å². The fourth-order valence-electron chi connectivity index (χ4n) is 4.14. The molecule has 160 valence electrons. The predicted molar refractivity (Wildman–Crippen MR) is 121 cm³/mol. The quantitative estimate of drug-likeness (QED) is 0.376. The van der Waals surface area contributed by atoms with Crippen molar-refractivity contribution in [1.29, 1.82) is 5.41 Å². The third kappa shape index (κ3) is 4.43. The summed E-state index contributed by atoms with van der Waals surface area (Å²) in [5, 5.41) is 11.2. The molecule has 4 rings (SSSR count). The van der Waals surface area contributed by atoms with Gasteiger partial charge < -0.3 is 15.5 Å². The van der Waals surface area contributed by atoms with Crippen molar-refractivity contribution in [3.05, 3.63) is 83.3 Å². The van der Waals surface area contributed by atoms with E-state index in [1.807, 2.05) is 24.3 Å². The number of anilines is 1. The molecule has 1 unspecified atom stereocenters. The topological polar surface area (TPSA) is 65.4 Å². The summed E-state index contributed by atoms with van der Waals surface area (Å²) < 4.78 is 20.7. The molecule has 1 aliphatic heterocycles. The first kappa shape index (κ1) is 21.3. The number of ether oxygens (including phenoxy) is 1. The van der Waals surface area contributed by atoms with Gasteiger partial charge in [-0.15, -0.1) is 0 Å². The molecular weight excluding hydrogens is 413 g/mol. The molecule has 1 aliphatic carbocycles. The molecule has 1 heterocycles. The van der Waals surface area contributed by atoms with Crippen LogP contribution in [0, 0.1) is 16.6 Å². The van der Waals surface area contributed by atoms with Crippen LogP contribution in [0.25, 0.3) is 0 Å². The number of benzene rings is 2. The van der Waals surface area contributed by atoms with Gasteiger partial charge in [0.15, 0.2) is 0 Å². The summed E-state index contributed by atoms with van der Waals surface area (Å²) >= 11 is 1.63. The molecule has 5 nitrogen and oxygen atoms in total. The smallest absolute Gasteiger partial charge is 0.317 e. The Morgan fingerprint density at radius 3 is 2.65 bits per heavy atom. The van der Waals surface area contributed by atoms with Crippen LogP contribution >= 0.6 is 11.9 Å². The van der Waals surface area contributed by atoms with Crippen LogP contribution in [0.2, 0.25) is 0 Å². The van der Waals surface area contributed by atoms with Crippen LogP contribution in [0.5, 0.6) is 0 Å². The highest BCUT2D eigenvalue weighted by atomic mass is 32.2. The van der Waals surface area contributed by atoms with Crippen LogP contribution in [0.1, 0.15) is 12.8 Å². The van der Waals surface area contributed by atoms with Crippen LogP contribution in [0.4, 0.5) is 10.1 Å². The number of rotatable bonds is 6. The Labute approximate surface area is 185 Å². The lowest BCUT2D eigenvalue weighted by Crippen LogP contribution is -2.49. The standard InChI is InChI=1S/C24H24FN3O2S/c1-30-23(29)24-14-17(15-26)22(27-20-9-7-19(25)8-10-20)13-18(24)11-12-28(16-24)31-21-5-3-2-4-6-21/h2-10,13,15,26-27H,11-12,14,16H2,1H3. The van der Waals surface area contributed by atoms with E-state index in [0.29, 0.717) is 18.5 Å². The first-order chi connectivity index (χ1) is 15.0. The molecule has 2 N–H and O–H groups in total. The van der Waals surface area contributed by atoms with Gasteiger partial charge in [-0.3, -0.25) is 4.79 Å². The Morgan fingerprint density at radius 1 is 1.23 bits per heavy atom. The number of hydrogen-bond donors (Lipinski definition) is 2. The molecule has 0 spiro atoms. The summed E-state index contributed by atoms with van der Waals surface area (Å²) in [5.74, 6) is -0.584. The van der Waals surface area contributed by atoms with E-state index in [1.54, 1.807) is 24.1 Å². The molecule has 31 heavy (non-hydrogen) atoms. The third-order valence-corrected chi connectivity index (χ3v) is 6.75. The molecule has 7 heteroatoms. The largest absolute Gasteiger partial charge is 0.468 e. The first-order valence-electron chi connectivity index (χ1n) is 10.1. The Hall–Kier alpha value is -2.90.